The van der Waals surface area contributed by atoms with Gasteiger partial charge in [0.25, 0.3) is 5.69 Å². The zero-order valence-electron chi connectivity index (χ0n) is 10.6. The van der Waals surface area contributed by atoms with Crippen molar-refractivity contribution in [3.63, 3.8) is 0 Å². The first-order valence-corrected chi connectivity index (χ1v) is 6.79. The molecule has 2 N–H and O–H groups in total. The molecule has 0 aliphatic carbocycles. The molecule has 0 bridgehead atoms. The molecule has 6 nitrogen and oxygen atoms in total. The van der Waals surface area contributed by atoms with Gasteiger partial charge in [-0.1, -0.05) is 6.92 Å². The van der Waals surface area contributed by atoms with Gasteiger partial charge in [-0.2, -0.15) is 0 Å². The summed E-state index contributed by atoms with van der Waals surface area (Å²) in [6, 6.07) is 4.44. The monoisotopic (exact) mass is 378 g/mol. The molecule has 0 spiro atoms. The minimum absolute atomic E-state index is 0.0198. The van der Waals surface area contributed by atoms with Gasteiger partial charge in [-0.05, 0) is 42.0 Å². The van der Waals surface area contributed by atoms with Crippen molar-refractivity contribution in [1.82, 2.24) is 0 Å². The van der Waals surface area contributed by atoms with Crippen LogP contribution in [0.15, 0.2) is 18.2 Å². The molecule has 0 heterocycles. The zero-order chi connectivity index (χ0) is 14.6. The van der Waals surface area contributed by atoms with E-state index in [0.29, 0.717) is 15.7 Å². The molecule has 0 fully saturated rings. The Morgan fingerprint density at radius 1 is 1.58 bits per heavy atom. The van der Waals surface area contributed by atoms with E-state index >= 15 is 0 Å². The van der Waals surface area contributed by atoms with Gasteiger partial charge in [-0.25, -0.2) is 0 Å². The van der Waals surface area contributed by atoms with Crippen LogP contribution in [0.2, 0.25) is 0 Å². The Hall–Kier alpha value is -1.38. The van der Waals surface area contributed by atoms with Crippen LogP contribution in [-0.2, 0) is 4.79 Å². The van der Waals surface area contributed by atoms with Gasteiger partial charge in [0, 0.05) is 27.9 Å². The van der Waals surface area contributed by atoms with Crippen LogP contribution >= 0.6 is 22.6 Å². The van der Waals surface area contributed by atoms with E-state index in [1.807, 2.05) is 29.5 Å². The number of carbonyl (C=O) groups is 1. The van der Waals surface area contributed by atoms with E-state index in [1.165, 1.54) is 12.1 Å². The number of carboxylic acids is 1. The fourth-order valence-electron chi connectivity index (χ4n) is 1.40. The molecule has 0 saturated heterocycles. The quantitative estimate of drug-likeness (QED) is 0.451. The number of nitro groups is 1. The van der Waals surface area contributed by atoms with E-state index in [9.17, 15) is 14.9 Å². The summed E-state index contributed by atoms with van der Waals surface area (Å²) in [7, 11) is 0. The van der Waals surface area contributed by atoms with Crippen molar-refractivity contribution in [2.45, 2.75) is 20.3 Å². The van der Waals surface area contributed by atoms with E-state index in [0.717, 1.165) is 0 Å². The third kappa shape index (κ3) is 3.79. The first-order chi connectivity index (χ1) is 8.80. The van der Waals surface area contributed by atoms with Crippen molar-refractivity contribution in [1.29, 1.82) is 0 Å². The highest BCUT2D eigenvalue weighted by atomic mass is 127. The van der Waals surface area contributed by atoms with Crippen molar-refractivity contribution in [3.8, 4) is 0 Å². The first-order valence-electron chi connectivity index (χ1n) is 5.71. The Labute approximate surface area is 124 Å². The lowest BCUT2D eigenvalue weighted by Crippen LogP contribution is -2.34. The number of nitro benzene ring substituents is 1. The molecule has 0 aliphatic rings. The fourth-order valence-corrected chi connectivity index (χ4v) is 2.09. The summed E-state index contributed by atoms with van der Waals surface area (Å²) in [5.41, 5.74) is -0.135. The zero-order valence-corrected chi connectivity index (χ0v) is 12.8. The van der Waals surface area contributed by atoms with E-state index < -0.39 is 16.3 Å². The maximum Gasteiger partial charge on any atom is 0.311 e. The molecule has 0 aromatic heterocycles. The number of hydrogen-bond donors (Lipinski definition) is 2. The number of nitrogens with one attached hydrogen (secondary N) is 1. The van der Waals surface area contributed by atoms with Crippen molar-refractivity contribution >= 4 is 39.9 Å². The lowest BCUT2D eigenvalue weighted by atomic mass is 9.87. The van der Waals surface area contributed by atoms with E-state index in [2.05, 4.69) is 5.32 Å². The molecule has 1 aromatic carbocycles. The molecule has 1 unspecified atom stereocenters. The molecule has 19 heavy (non-hydrogen) atoms. The van der Waals surface area contributed by atoms with Crippen LogP contribution in [-0.4, -0.2) is 22.5 Å². The second kappa shape index (κ2) is 6.18. The standard InChI is InChI=1S/C12H15IN2O4/c1-3-12(2,11(16)17)7-14-10-5-4-8(15(18)19)6-9(10)13/h4-6,14H,3,7H2,1-2H3,(H,16,17). The number of hydrogen-bond acceptors (Lipinski definition) is 4. The maximum absolute atomic E-state index is 11.2. The fraction of sp³-hybridized carbons (Fsp3) is 0.417. The van der Waals surface area contributed by atoms with Crippen molar-refractivity contribution in [2.24, 2.45) is 5.41 Å². The molecule has 7 heteroatoms. The van der Waals surface area contributed by atoms with Gasteiger partial charge in [-0.15, -0.1) is 0 Å². The smallest absolute Gasteiger partial charge is 0.311 e. The molecule has 1 aromatic rings. The summed E-state index contributed by atoms with van der Waals surface area (Å²) in [5, 5.41) is 22.8. The summed E-state index contributed by atoms with van der Waals surface area (Å²) in [5.74, 6) is -0.862. The summed E-state index contributed by atoms with van der Waals surface area (Å²) in [6.07, 6.45) is 0.499. The largest absolute Gasteiger partial charge is 0.481 e. The SMILES string of the molecule is CCC(C)(CNc1ccc([N+](=O)[O-])cc1I)C(=O)O. The van der Waals surface area contributed by atoms with Gasteiger partial charge in [0.1, 0.15) is 0 Å². The third-order valence-electron chi connectivity index (χ3n) is 3.13. The summed E-state index contributed by atoms with van der Waals surface area (Å²) in [6.45, 7) is 3.75. The van der Waals surface area contributed by atoms with Gasteiger partial charge in [0.05, 0.1) is 10.3 Å². The van der Waals surface area contributed by atoms with E-state index in [4.69, 9.17) is 5.11 Å². The van der Waals surface area contributed by atoms with Gasteiger partial charge >= 0.3 is 5.97 Å². The average Bonchev–Trinajstić information content (AvgIpc) is 2.36. The summed E-state index contributed by atoms with van der Waals surface area (Å²) in [4.78, 5) is 21.3. The van der Waals surface area contributed by atoms with Crippen molar-refractivity contribution in [3.05, 3.63) is 31.9 Å². The van der Waals surface area contributed by atoms with Gasteiger partial charge in [-0.3, -0.25) is 14.9 Å². The lowest BCUT2D eigenvalue weighted by molar-refractivity contribution is -0.384. The number of non-ortho nitro benzene ring substituents is 1. The van der Waals surface area contributed by atoms with Crippen LogP contribution in [0.25, 0.3) is 0 Å². The van der Waals surface area contributed by atoms with E-state index in [-0.39, 0.29) is 12.2 Å². The predicted molar refractivity (Wildman–Crippen MR) is 80.3 cm³/mol. The highest BCUT2D eigenvalue weighted by molar-refractivity contribution is 14.1. The van der Waals surface area contributed by atoms with Gasteiger partial charge in [0.15, 0.2) is 0 Å². The number of nitrogens with zero attached hydrogens (tertiary/aromatic N) is 1. The number of aliphatic carboxylic acids is 1. The molecule has 0 amide bonds. The maximum atomic E-state index is 11.2. The Kier molecular flexibility index (Phi) is 5.10. The van der Waals surface area contributed by atoms with Crippen LogP contribution in [0, 0.1) is 19.1 Å². The average molecular weight is 378 g/mol. The Balaban J connectivity index is 2.84. The minimum Gasteiger partial charge on any atom is -0.481 e. The molecule has 1 rings (SSSR count). The van der Waals surface area contributed by atoms with Crippen molar-refractivity contribution < 1.29 is 14.8 Å². The second-order valence-corrected chi connectivity index (χ2v) is 5.66. The van der Waals surface area contributed by atoms with Crippen LogP contribution in [0.1, 0.15) is 20.3 Å². The highest BCUT2D eigenvalue weighted by Crippen LogP contribution is 2.27. The Morgan fingerprint density at radius 3 is 2.63 bits per heavy atom. The number of carboxylic acid groups (broad SMARTS) is 1. The number of rotatable bonds is 6. The molecule has 104 valence electrons. The van der Waals surface area contributed by atoms with Crippen LogP contribution in [0.3, 0.4) is 0 Å². The van der Waals surface area contributed by atoms with E-state index in [1.54, 1.807) is 13.0 Å². The number of anilines is 1. The Bertz CT molecular complexity index is 507. The van der Waals surface area contributed by atoms with Gasteiger partial charge < -0.3 is 10.4 Å². The topological polar surface area (TPSA) is 92.5 Å². The lowest BCUT2D eigenvalue weighted by Gasteiger charge is -2.24. The number of halogens is 1. The molecular formula is C12H15IN2O4. The molecular weight excluding hydrogens is 363 g/mol. The third-order valence-corrected chi connectivity index (χ3v) is 4.02. The summed E-state index contributed by atoms with van der Waals surface area (Å²) < 4.78 is 0.690. The minimum atomic E-state index is -0.862. The predicted octanol–water partition coefficient (Wildman–Crippen LogP) is 3.11. The highest BCUT2D eigenvalue weighted by Gasteiger charge is 2.30. The second-order valence-electron chi connectivity index (χ2n) is 4.49. The molecule has 0 aliphatic heterocycles. The molecule has 0 saturated carbocycles. The normalized spacial score (nSPS) is 13.6. The van der Waals surface area contributed by atoms with Crippen LogP contribution in [0.4, 0.5) is 11.4 Å². The summed E-state index contributed by atoms with van der Waals surface area (Å²) >= 11 is 1.99. The Morgan fingerprint density at radius 2 is 2.21 bits per heavy atom. The van der Waals surface area contributed by atoms with Gasteiger partial charge in [0.2, 0.25) is 0 Å². The van der Waals surface area contributed by atoms with Crippen LogP contribution in [0.5, 0.6) is 0 Å². The number of benzene rings is 1. The molecule has 1 atom stereocenters. The van der Waals surface area contributed by atoms with Crippen LogP contribution < -0.4 is 5.32 Å². The molecule has 0 radical (unpaired) electrons. The first kappa shape index (κ1) is 15.7. The van der Waals surface area contributed by atoms with Crippen molar-refractivity contribution in [2.75, 3.05) is 11.9 Å².